The van der Waals surface area contributed by atoms with E-state index < -0.39 is 16.1 Å². The zero-order valence-corrected chi connectivity index (χ0v) is 16.0. The normalized spacial score (nSPS) is 13.8. The molecular formula is C16H26N2O3S2. The first-order valence-electron chi connectivity index (χ1n) is 7.42. The van der Waals surface area contributed by atoms with Crippen molar-refractivity contribution in [2.75, 3.05) is 25.6 Å². The zero-order valence-electron chi connectivity index (χ0n) is 14.4. The lowest BCUT2D eigenvalue weighted by Crippen LogP contribution is -2.42. The van der Waals surface area contributed by atoms with Crippen molar-refractivity contribution in [2.24, 2.45) is 0 Å². The molecule has 1 atom stereocenters. The number of carbonyl (C=O) groups excluding carboxylic acids is 1. The van der Waals surface area contributed by atoms with Gasteiger partial charge < -0.3 is 5.32 Å². The van der Waals surface area contributed by atoms with Gasteiger partial charge in [-0.15, -0.1) is 0 Å². The lowest BCUT2D eigenvalue weighted by atomic mass is 10.1. The highest BCUT2D eigenvalue weighted by Gasteiger charge is 2.30. The molecule has 0 aliphatic heterocycles. The van der Waals surface area contributed by atoms with Crippen LogP contribution in [0.3, 0.4) is 0 Å². The molecule has 23 heavy (non-hydrogen) atoms. The fourth-order valence-electron chi connectivity index (χ4n) is 1.98. The third-order valence-corrected chi connectivity index (χ3v) is 5.72. The van der Waals surface area contributed by atoms with Gasteiger partial charge in [0.1, 0.15) is 6.04 Å². The molecule has 1 unspecified atom stereocenters. The summed E-state index contributed by atoms with van der Waals surface area (Å²) in [7, 11) is -2.05. The minimum atomic E-state index is -3.48. The van der Waals surface area contributed by atoms with Crippen molar-refractivity contribution in [3.05, 3.63) is 35.9 Å². The van der Waals surface area contributed by atoms with Crippen LogP contribution in [0.1, 0.15) is 32.4 Å². The predicted octanol–water partition coefficient (Wildman–Crippen LogP) is 2.27. The Labute approximate surface area is 143 Å². The Morgan fingerprint density at radius 3 is 2.30 bits per heavy atom. The average molecular weight is 359 g/mol. The molecule has 0 fully saturated rings. The first-order valence-corrected chi connectivity index (χ1v) is 10.3. The smallest absolute Gasteiger partial charge is 0.243 e. The Morgan fingerprint density at radius 2 is 1.83 bits per heavy atom. The second-order valence-electron chi connectivity index (χ2n) is 6.34. The molecule has 0 saturated carbocycles. The van der Waals surface area contributed by atoms with Gasteiger partial charge in [-0.3, -0.25) is 4.79 Å². The molecule has 1 rings (SSSR count). The number of carbonyl (C=O) groups is 1. The summed E-state index contributed by atoms with van der Waals surface area (Å²) in [6.07, 6.45) is 1.10. The van der Waals surface area contributed by atoms with Crippen LogP contribution in [0.2, 0.25) is 0 Å². The number of thioether (sulfide) groups is 1. The second kappa shape index (κ2) is 8.17. The molecule has 0 aliphatic rings. The monoisotopic (exact) mass is 358 g/mol. The Morgan fingerprint density at radius 1 is 1.26 bits per heavy atom. The van der Waals surface area contributed by atoms with E-state index in [2.05, 4.69) is 26.1 Å². The van der Waals surface area contributed by atoms with E-state index in [1.165, 1.54) is 7.05 Å². The third kappa shape index (κ3) is 6.93. The van der Waals surface area contributed by atoms with E-state index in [1.54, 1.807) is 36.0 Å². The van der Waals surface area contributed by atoms with Gasteiger partial charge in [0.25, 0.3) is 0 Å². The molecule has 7 heteroatoms. The SMILES string of the molecule is CN(C(C(=O)NCCSC(C)(C)C)c1ccccc1)S(C)(=O)=O. The Hall–Kier alpha value is -1.05. The maximum atomic E-state index is 12.5. The van der Waals surface area contributed by atoms with Gasteiger partial charge in [0.2, 0.25) is 15.9 Å². The highest BCUT2D eigenvalue weighted by atomic mass is 32.2. The van der Waals surface area contributed by atoms with Gasteiger partial charge in [0.05, 0.1) is 6.26 Å². The Bertz CT molecular complexity index is 610. The maximum absolute atomic E-state index is 12.5. The maximum Gasteiger partial charge on any atom is 0.243 e. The van der Waals surface area contributed by atoms with Crippen LogP contribution in [0.15, 0.2) is 30.3 Å². The average Bonchev–Trinajstić information content (AvgIpc) is 2.43. The van der Waals surface area contributed by atoms with Gasteiger partial charge in [-0.05, 0) is 5.56 Å². The molecule has 1 N–H and O–H groups in total. The summed E-state index contributed by atoms with van der Waals surface area (Å²) in [6.45, 7) is 6.85. The molecular weight excluding hydrogens is 332 g/mol. The lowest BCUT2D eigenvalue weighted by molar-refractivity contribution is -0.124. The topological polar surface area (TPSA) is 66.5 Å². The summed E-state index contributed by atoms with van der Waals surface area (Å²) in [4.78, 5) is 12.5. The molecule has 0 spiro atoms. The minimum absolute atomic E-state index is 0.132. The molecule has 1 amide bonds. The van der Waals surface area contributed by atoms with Crippen LogP contribution < -0.4 is 5.32 Å². The Kier molecular flexibility index (Phi) is 7.10. The second-order valence-corrected chi connectivity index (χ2v) is 10.3. The molecule has 0 radical (unpaired) electrons. The number of hydrogen-bond donors (Lipinski definition) is 1. The molecule has 5 nitrogen and oxygen atoms in total. The summed E-state index contributed by atoms with van der Waals surface area (Å²) >= 11 is 1.75. The zero-order chi connectivity index (χ0) is 17.7. The van der Waals surface area contributed by atoms with Gasteiger partial charge in [-0.2, -0.15) is 16.1 Å². The largest absolute Gasteiger partial charge is 0.354 e. The molecule has 0 aliphatic carbocycles. The summed E-state index contributed by atoms with van der Waals surface area (Å²) in [5.74, 6) is 0.470. The van der Waals surface area contributed by atoms with Crippen molar-refractivity contribution in [3.8, 4) is 0 Å². The third-order valence-electron chi connectivity index (χ3n) is 3.19. The number of nitrogens with one attached hydrogen (secondary N) is 1. The minimum Gasteiger partial charge on any atom is -0.354 e. The van der Waals surface area contributed by atoms with E-state index in [9.17, 15) is 13.2 Å². The van der Waals surface area contributed by atoms with Crippen LogP contribution in [0.4, 0.5) is 0 Å². The first-order chi connectivity index (χ1) is 10.5. The van der Waals surface area contributed by atoms with E-state index in [0.717, 1.165) is 16.3 Å². The highest BCUT2D eigenvalue weighted by Crippen LogP contribution is 2.23. The molecule has 0 bridgehead atoms. The lowest BCUT2D eigenvalue weighted by Gasteiger charge is -2.26. The van der Waals surface area contributed by atoms with Crippen LogP contribution in [0.25, 0.3) is 0 Å². The summed E-state index contributed by atoms with van der Waals surface area (Å²) in [5, 5.41) is 2.84. The number of nitrogens with zero attached hydrogens (tertiary/aromatic N) is 1. The first kappa shape index (κ1) is 20.0. The van der Waals surface area contributed by atoms with E-state index in [0.29, 0.717) is 12.1 Å². The van der Waals surface area contributed by atoms with Gasteiger partial charge in [-0.1, -0.05) is 51.1 Å². The van der Waals surface area contributed by atoms with Gasteiger partial charge >= 0.3 is 0 Å². The van der Waals surface area contributed by atoms with Crippen molar-refractivity contribution in [3.63, 3.8) is 0 Å². The summed E-state index contributed by atoms with van der Waals surface area (Å²) in [5.41, 5.74) is 0.654. The van der Waals surface area contributed by atoms with E-state index in [4.69, 9.17) is 0 Å². The fraction of sp³-hybridized carbons (Fsp3) is 0.562. The van der Waals surface area contributed by atoms with Gasteiger partial charge in [0.15, 0.2) is 0 Å². The van der Waals surface area contributed by atoms with E-state index in [1.807, 2.05) is 6.07 Å². The van der Waals surface area contributed by atoms with E-state index >= 15 is 0 Å². The molecule has 0 aromatic heterocycles. The molecule has 130 valence electrons. The quantitative estimate of drug-likeness (QED) is 0.759. The molecule has 0 saturated heterocycles. The van der Waals surface area contributed by atoms with Crippen molar-refractivity contribution in [1.82, 2.24) is 9.62 Å². The summed E-state index contributed by atoms with van der Waals surface area (Å²) < 4.78 is 24.9. The number of benzene rings is 1. The summed E-state index contributed by atoms with van der Waals surface area (Å²) in [6, 6.07) is 8.08. The Balaban J connectivity index is 2.83. The molecule has 0 heterocycles. The number of likely N-dealkylation sites (N-methyl/N-ethyl adjacent to an activating group) is 1. The van der Waals surface area contributed by atoms with E-state index in [-0.39, 0.29) is 10.7 Å². The van der Waals surface area contributed by atoms with Crippen molar-refractivity contribution in [2.45, 2.75) is 31.6 Å². The number of rotatable bonds is 7. The molecule has 1 aromatic rings. The van der Waals surface area contributed by atoms with Crippen LogP contribution >= 0.6 is 11.8 Å². The predicted molar refractivity (Wildman–Crippen MR) is 97.0 cm³/mol. The fourth-order valence-corrected chi connectivity index (χ4v) is 3.40. The van der Waals surface area contributed by atoms with Crippen LogP contribution in [-0.4, -0.2) is 49.0 Å². The van der Waals surface area contributed by atoms with Gasteiger partial charge in [0, 0.05) is 24.1 Å². The van der Waals surface area contributed by atoms with Gasteiger partial charge in [-0.25, -0.2) is 8.42 Å². The van der Waals surface area contributed by atoms with Crippen LogP contribution in [0, 0.1) is 0 Å². The van der Waals surface area contributed by atoms with Crippen molar-refractivity contribution < 1.29 is 13.2 Å². The number of hydrogen-bond acceptors (Lipinski definition) is 4. The van der Waals surface area contributed by atoms with Crippen molar-refractivity contribution >= 4 is 27.7 Å². The standard InChI is InChI=1S/C16H26N2O3S2/c1-16(2,3)22-12-11-17-15(19)14(18(4)23(5,20)21)13-9-7-6-8-10-13/h6-10,14H,11-12H2,1-5H3,(H,17,19). The van der Waals surface area contributed by atoms with Crippen LogP contribution in [-0.2, 0) is 14.8 Å². The van der Waals surface area contributed by atoms with Crippen LogP contribution in [0.5, 0.6) is 0 Å². The molecule has 1 aromatic carbocycles. The number of sulfonamides is 1. The highest BCUT2D eigenvalue weighted by molar-refractivity contribution is 8.00. The van der Waals surface area contributed by atoms with Crippen molar-refractivity contribution in [1.29, 1.82) is 0 Å². The number of amides is 1.